The Labute approximate surface area is 153 Å². The largest absolute Gasteiger partial charge is 0.289 e. The van der Waals surface area contributed by atoms with Crippen LogP contribution in [-0.2, 0) is 4.57 Å². The van der Waals surface area contributed by atoms with Crippen molar-refractivity contribution in [2.45, 2.75) is 13.8 Å². The molecule has 3 nitrogen and oxygen atoms in total. The molecule has 0 atom stereocenters. The Morgan fingerprint density at radius 1 is 0.654 bits per heavy atom. The van der Waals surface area contributed by atoms with E-state index >= 15 is 0 Å². The number of benzene rings is 3. The third kappa shape index (κ3) is 3.26. The van der Waals surface area contributed by atoms with E-state index in [2.05, 4.69) is 0 Å². The lowest BCUT2D eigenvalue weighted by Gasteiger charge is -2.12. The molecule has 0 aromatic heterocycles. The Balaban J connectivity index is 2.21. The predicted octanol–water partition coefficient (Wildman–Crippen LogP) is 4.68. The van der Waals surface area contributed by atoms with Gasteiger partial charge in [-0.25, -0.2) is 0 Å². The van der Waals surface area contributed by atoms with Crippen LogP contribution in [0.4, 0.5) is 0 Å². The zero-order chi connectivity index (χ0) is 18.7. The lowest BCUT2D eigenvalue weighted by Crippen LogP contribution is -2.19. The molecule has 3 rings (SSSR count). The van der Waals surface area contributed by atoms with E-state index in [0.29, 0.717) is 16.4 Å². The predicted molar refractivity (Wildman–Crippen MR) is 103 cm³/mol. The van der Waals surface area contributed by atoms with Gasteiger partial charge >= 0.3 is 0 Å². The van der Waals surface area contributed by atoms with Gasteiger partial charge in [0.2, 0.25) is 0 Å². The van der Waals surface area contributed by atoms with Crippen molar-refractivity contribution in [2.24, 2.45) is 0 Å². The fourth-order valence-electron chi connectivity index (χ4n) is 2.98. The second kappa shape index (κ2) is 7.55. The van der Waals surface area contributed by atoms with Crippen molar-refractivity contribution in [1.29, 1.82) is 0 Å². The summed E-state index contributed by atoms with van der Waals surface area (Å²) in [5.74, 6) is -0.537. The average molecular weight is 360 g/mol. The monoisotopic (exact) mass is 360 g/mol. The molecule has 0 fully saturated rings. The maximum atomic E-state index is 13.2. The fraction of sp³-hybridized carbons (Fsp3) is 0.0909. The maximum absolute atomic E-state index is 13.2. The molecule has 4 heteroatoms. The summed E-state index contributed by atoms with van der Waals surface area (Å²) in [5.41, 5.74) is 3.15. The van der Waals surface area contributed by atoms with E-state index in [1.165, 1.54) is 0 Å². The van der Waals surface area contributed by atoms with Gasteiger partial charge in [-0.15, -0.1) is 0 Å². The highest BCUT2D eigenvalue weighted by molar-refractivity contribution is 7.34. The number of hydrogen-bond donors (Lipinski definition) is 0. The Morgan fingerprint density at radius 2 is 1.15 bits per heavy atom. The molecule has 0 aliphatic carbocycles. The Kier molecular flexibility index (Phi) is 5.20. The molecule has 0 aliphatic heterocycles. The van der Waals surface area contributed by atoms with Crippen molar-refractivity contribution in [1.82, 2.24) is 0 Å². The normalized spacial score (nSPS) is 10.7. The van der Waals surface area contributed by atoms with Crippen LogP contribution in [-0.4, -0.2) is 11.6 Å². The summed E-state index contributed by atoms with van der Waals surface area (Å²) >= 11 is 0. The summed E-state index contributed by atoms with van der Waals surface area (Å²) in [7, 11) is -0.292. The van der Waals surface area contributed by atoms with E-state index in [-0.39, 0.29) is 31.2 Å². The highest BCUT2D eigenvalue weighted by atomic mass is 31.1. The molecular weight excluding hydrogens is 343 g/mol. The second-order valence-corrected chi connectivity index (χ2v) is 6.74. The third-order valence-electron chi connectivity index (χ3n) is 4.39. The SMILES string of the molecule is Cc1ccccc1C(=O)c1cccc(P=O)c1C(=O)c1ccccc1C. The minimum Gasteiger partial charge on any atom is -0.289 e. The van der Waals surface area contributed by atoms with Crippen LogP contribution in [0.1, 0.15) is 43.0 Å². The minimum atomic E-state index is -0.293. The highest BCUT2D eigenvalue weighted by Gasteiger charge is 2.24. The molecule has 3 aromatic carbocycles. The van der Waals surface area contributed by atoms with E-state index in [1.54, 1.807) is 42.5 Å². The van der Waals surface area contributed by atoms with Crippen LogP contribution < -0.4 is 5.30 Å². The van der Waals surface area contributed by atoms with Crippen LogP contribution in [0.2, 0.25) is 0 Å². The van der Waals surface area contributed by atoms with Crippen molar-refractivity contribution < 1.29 is 14.2 Å². The van der Waals surface area contributed by atoms with Crippen LogP contribution in [0.25, 0.3) is 0 Å². The smallest absolute Gasteiger partial charge is 0.195 e. The average Bonchev–Trinajstić information content (AvgIpc) is 2.67. The lowest BCUT2D eigenvalue weighted by atomic mass is 9.90. The number of carbonyl (C=O) groups excluding carboxylic acids is 2. The molecule has 26 heavy (non-hydrogen) atoms. The van der Waals surface area contributed by atoms with Crippen molar-refractivity contribution in [3.63, 3.8) is 0 Å². The van der Waals surface area contributed by atoms with Crippen molar-refractivity contribution >= 4 is 25.3 Å². The molecule has 0 amide bonds. The molecule has 3 aromatic rings. The summed E-state index contributed by atoms with van der Waals surface area (Å²) in [5, 5.41) is 0.317. The number of hydrogen-bond acceptors (Lipinski definition) is 3. The fourth-order valence-corrected chi connectivity index (χ4v) is 3.44. The molecular formula is C22H17O3P. The number of rotatable bonds is 5. The third-order valence-corrected chi connectivity index (χ3v) is 4.96. The molecule has 0 saturated carbocycles. The first-order valence-corrected chi connectivity index (χ1v) is 9.03. The van der Waals surface area contributed by atoms with Gasteiger partial charge in [0.05, 0.1) is 5.30 Å². The standard InChI is InChI=1S/C22H17O3P/c1-14-8-3-5-10-16(14)21(23)18-12-7-13-19(26-25)20(18)22(24)17-11-6-4-9-15(17)2/h3-13H,1-2H3. The van der Waals surface area contributed by atoms with Gasteiger partial charge in [0.1, 0.15) is 0 Å². The van der Waals surface area contributed by atoms with Gasteiger partial charge < -0.3 is 0 Å². The quantitative estimate of drug-likeness (QED) is 0.490. The van der Waals surface area contributed by atoms with E-state index < -0.39 is 0 Å². The Morgan fingerprint density at radius 3 is 1.69 bits per heavy atom. The van der Waals surface area contributed by atoms with Crippen LogP contribution in [0.3, 0.4) is 0 Å². The summed E-state index contributed by atoms with van der Waals surface area (Å²) in [4.78, 5) is 26.3. The van der Waals surface area contributed by atoms with Gasteiger partial charge in [0, 0.05) is 22.3 Å². The molecule has 0 saturated heterocycles. The lowest BCUT2D eigenvalue weighted by molar-refractivity contribution is 0.100. The molecule has 128 valence electrons. The van der Waals surface area contributed by atoms with Crippen LogP contribution in [0, 0.1) is 13.8 Å². The summed E-state index contributed by atoms with van der Waals surface area (Å²) in [6, 6.07) is 19.3. The first-order chi connectivity index (χ1) is 12.5. The highest BCUT2D eigenvalue weighted by Crippen LogP contribution is 2.22. The van der Waals surface area contributed by atoms with Crippen molar-refractivity contribution in [3.05, 3.63) is 100 Å². The van der Waals surface area contributed by atoms with Crippen LogP contribution in [0.5, 0.6) is 0 Å². The van der Waals surface area contributed by atoms with Crippen molar-refractivity contribution in [2.75, 3.05) is 0 Å². The topological polar surface area (TPSA) is 51.2 Å². The number of ketones is 2. The summed E-state index contributed by atoms with van der Waals surface area (Å²) in [6.07, 6.45) is 0. The first-order valence-electron chi connectivity index (χ1n) is 8.21. The molecule has 0 bridgehead atoms. The van der Waals surface area contributed by atoms with Gasteiger partial charge in [-0.05, 0) is 31.0 Å². The first kappa shape index (κ1) is 17.9. The maximum Gasteiger partial charge on any atom is 0.195 e. The van der Waals surface area contributed by atoms with E-state index in [9.17, 15) is 14.2 Å². The zero-order valence-electron chi connectivity index (χ0n) is 14.5. The van der Waals surface area contributed by atoms with Crippen molar-refractivity contribution in [3.8, 4) is 0 Å². The van der Waals surface area contributed by atoms with Crippen LogP contribution >= 0.6 is 8.46 Å². The van der Waals surface area contributed by atoms with Gasteiger partial charge in [0.15, 0.2) is 20.0 Å². The van der Waals surface area contributed by atoms with E-state index in [1.807, 2.05) is 38.1 Å². The molecule has 0 unspecified atom stereocenters. The van der Waals surface area contributed by atoms with Gasteiger partial charge in [-0.1, -0.05) is 60.7 Å². The Hall–Kier alpha value is -2.90. The van der Waals surface area contributed by atoms with E-state index in [0.717, 1.165) is 11.1 Å². The molecule has 0 radical (unpaired) electrons. The van der Waals surface area contributed by atoms with Crippen LogP contribution in [0.15, 0.2) is 66.7 Å². The molecule has 0 aliphatic rings. The molecule has 0 N–H and O–H groups in total. The summed E-state index contributed by atoms with van der Waals surface area (Å²) < 4.78 is 11.7. The van der Waals surface area contributed by atoms with Gasteiger partial charge in [-0.3, -0.25) is 14.2 Å². The van der Waals surface area contributed by atoms with E-state index in [4.69, 9.17) is 0 Å². The minimum absolute atomic E-state index is 0.201. The van der Waals surface area contributed by atoms with Gasteiger partial charge in [-0.2, -0.15) is 0 Å². The molecule has 0 spiro atoms. The molecule has 0 heterocycles. The van der Waals surface area contributed by atoms with Gasteiger partial charge in [0.25, 0.3) is 0 Å². The summed E-state index contributed by atoms with van der Waals surface area (Å²) in [6.45, 7) is 3.69. The second-order valence-electron chi connectivity index (χ2n) is 6.08. The Bertz CT molecular complexity index is 1020. The number of aryl methyl sites for hydroxylation is 2. The zero-order valence-corrected chi connectivity index (χ0v) is 15.4. The number of carbonyl (C=O) groups is 2.